The first kappa shape index (κ1) is 11.1. The van der Waals surface area contributed by atoms with Crippen molar-refractivity contribution in [3.63, 3.8) is 0 Å². The largest absolute Gasteiger partial charge is 0.448 e. The van der Waals surface area contributed by atoms with Gasteiger partial charge in [0.15, 0.2) is 0 Å². The summed E-state index contributed by atoms with van der Waals surface area (Å²) >= 11 is 0. The van der Waals surface area contributed by atoms with Crippen LogP contribution in [0.25, 0.3) is 0 Å². The van der Waals surface area contributed by atoms with Crippen LogP contribution in [-0.2, 0) is 9.47 Å². The summed E-state index contributed by atoms with van der Waals surface area (Å²) in [5, 5.41) is 0. The topological polar surface area (TPSA) is 21.5 Å². The molecule has 0 fully saturated rings. The summed E-state index contributed by atoms with van der Waals surface area (Å²) in [6.45, 7) is 4.21. The van der Waals surface area contributed by atoms with Crippen molar-refractivity contribution < 1.29 is 14.0 Å². The second-order valence-electron chi connectivity index (χ2n) is 4.20. The van der Waals surface area contributed by atoms with E-state index in [0.29, 0.717) is 0 Å². The van der Waals surface area contributed by atoms with E-state index in [1.807, 2.05) is 11.6 Å². The lowest BCUT2D eigenvalue weighted by Crippen LogP contribution is -2.17. The molecule has 3 heteroatoms. The Hall–Kier alpha value is -1.35. The molecule has 86 valence electrons. The van der Waals surface area contributed by atoms with E-state index in [9.17, 15) is 0 Å². The van der Waals surface area contributed by atoms with Gasteiger partial charge < -0.3 is 9.47 Å². The zero-order valence-electron chi connectivity index (χ0n) is 10.5. The van der Waals surface area contributed by atoms with Crippen LogP contribution in [0.15, 0.2) is 12.1 Å². The average molecular weight is 220 g/mol. The number of benzene rings is 1. The minimum atomic E-state index is -0.0372. The highest BCUT2D eigenvalue weighted by Crippen LogP contribution is 2.33. The van der Waals surface area contributed by atoms with Gasteiger partial charge >= 0.3 is 5.90 Å². The van der Waals surface area contributed by atoms with Crippen molar-refractivity contribution in [1.29, 1.82) is 0 Å². The summed E-state index contributed by atoms with van der Waals surface area (Å²) in [4.78, 5) is 0. The lowest BCUT2D eigenvalue weighted by Gasteiger charge is -2.09. The Bertz CT molecular complexity index is 463. The van der Waals surface area contributed by atoms with E-state index in [2.05, 4.69) is 26.0 Å². The number of hydrogen-bond acceptors (Lipinski definition) is 2. The predicted molar refractivity (Wildman–Crippen MR) is 63.0 cm³/mol. The van der Waals surface area contributed by atoms with Gasteiger partial charge in [-0.25, -0.2) is 0 Å². The number of methoxy groups -OCH3 is 2. The van der Waals surface area contributed by atoms with Gasteiger partial charge in [0.05, 0.1) is 12.7 Å². The smallest absolute Gasteiger partial charge is 0.372 e. The lowest BCUT2D eigenvalue weighted by atomic mass is 9.98. The van der Waals surface area contributed by atoms with Gasteiger partial charge in [-0.15, -0.1) is 0 Å². The van der Waals surface area contributed by atoms with E-state index in [1.165, 1.54) is 22.3 Å². The highest BCUT2D eigenvalue weighted by Gasteiger charge is 2.40. The molecule has 1 aliphatic heterocycles. The molecular formula is C13H18NO2+. The fraction of sp³-hybridized carbons (Fsp3) is 0.462. The first-order chi connectivity index (χ1) is 7.61. The van der Waals surface area contributed by atoms with Crippen molar-refractivity contribution in [3.8, 4) is 0 Å². The van der Waals surface area contributed by atoms with Crippen LogP contribution in [0.5, 0.6) is 0 Å². The Morgan fingerprint density at radius 3 is 2.31 bits per heavy atom. The van der Waals surface area contributed by atoms with Crippen LogP contribution in [0, 0.1) is 13.8 Å². The summed E-state index contributed by atoms with van der Waals surface area (Å²) in [6, 6.07) is 4.26. The van der Waals surface area contributed by atoms with Crippen LogP contribution < -0.4 is 0 Å². The molecule has 0 aromatic heterocycles. The second kappa shape index (κ2) is 3.91. The maximum Gasteiger partial charge on any atom is 0.372 e. The van der Waals surface area contributed by atoms with Crippen LogP contribution in [-0.4, -0.2) is 31.7 Å². The molecule has 2 rings (SSSR count). The van der Waals surface area contributed by atoms with Crippen LogP contribution in [0.2, 0.25) is 0 Å². The average Bonchev–Trinajstić information content (AvgIpc) is 2.57. The van der Waals surface area contributed by atoms with E-state index in [0.717, 1.165) is 5.90 Å². The molecule has 0 saturated carbocycles. The molecule has 0 bridgehead atoms. The molecule has 1 aromatic carbocycles. The highest BCUT2D eigenvalue weighted by atomic mass is 16.5. The summed E-state index contributed by atoms with van der Waals surface area (Å²) in [6.07, 6.45) is -0.0372. The predicted octanol–water partition coefficient (Wildman–Crippen LogP) is 2.00. The van der Waals surface area contributed by atoms with E-state index in [-0.39, 0.29) is 6.23 Å². The lowest BCUT2D eigenvalue weighted by molar-refractivity contribution is -0.595. The van der Waals surface area contributed by atoms with Gasteiger partial charge in [-0.2, -0.15) is 4.58 Å². The standard InChI is InChI=1S/C13H18NO2/c1-8-6-7-9(2)11-10(8)12(15-4)14(3)13(11)16-5/h6-7,12H,1-5H3/q+1. The van der Waals surface area contributed by atoms with Crippen molar-refractivity contribution in [2.45, 2.75) is 20.1 Å². The van der Waals surface area contributed by atoms with Gasteiger partial charge in [0.25, 0.3) is 6.23 Å². The monoisotopic (exact) mass is 220 g/mol. The Labute approximate surface area is 96.3 Å². The van der Waals surface area contributed by atoms with Crippen LogP contribution in [0.4, 0.5) is 0 Å². The molecule has 3 nitrogen and oxygen atoms in total. The number of fused-ring (bicyclic) bond motifs is 1. The van der Waals surface area contributed by atoms with Gasteiger partial charge in [-0.05, 0) is 25.0 Å². The number of ether oxygens (including phenoxy) is 2. The maximum absolute atomic E-state index is 5.54. The van der Waals surface area contributed by atoms with Gasteiger partial charge in [0.1, 0.15) is 12.6 Å². The molecule has 1 aliphatic rings. The zero-order chi connectivity index (χ0) is 11.9. The third kappa shape index (κ3) is 1.35. The number of aryl methyl sites for hydroxylation is 2. The van der Waals surface area contributed by atoms with E-state index < -0.39 is 0 Å². The molecule has 0 saturated heterocycles. The molecule has 0 spiro atoms. The molecule has 0 N–H and O–H groups in total. The van der Waals surface area contributed by atoms with Crippen molar-refractivity contribution >= 4 is 5.90 Å². The van der Waals surface area contributed by atoms with Gasteiger partial charge in [0.2, 0.25) is 0 Å². The Balaban J connectivity index is 2.72. The summed E-state index contributed by atoms with van der Waals surface area (Å²) in [7, 11) is 5.42. The van der Waals surface area contributed by atoms with Gasteiger partial charge in [-0.1, -0.05) is 12.1 Å². The molecule has 0 amide bonds. The van der Waals surface area contributed by atoms with E-state index in [1.54, 1.807) is 14.2 Å². The summed E-state index contributed by atoms with van der Waals surface area (Å²) < 4.78 is 13.1. The number of nitrogens with zero attached hydrogens (tertiary/aromatic N) is 1. The number of hydrogen-bond donors (Lipinski definition) is 0. The fourth-order valence-electron chi connectivity index (χ4n) is 2.43. The normalized spacial score (nSPS) is 18.9. The Morgan fingerprint density at radius 2 is 1.75 bits per heavy atom. The van der Waals surface area contributed by atoms with Crippen LogP contribution >= 0.6 is 0 Å². The molecule has 16 heavy (non-hydrogen) atoms. The first-order valence-electron chi connectivity index (χ1n) is 5.38. The van der Waals surface area contributed by atoms with Crippen LogP contribution in [0.3, 0.4) is 0 Å². The molecule has 0 aliphatic carbocycles. The third-order valence-corrected chi connectivity index (χ3v) is 3.22. The Kier molecular flexibility index (Phi) is 2.72. The molecule has 1 atom stereocenters. The maximum atomic E-state index is 5.54. The van der Waals surface area contributed by atoms with Gasteiger partial charge in [-0.3, -0.25) is 0 Å². The highest BCUT2D eigenvalue weighted by molar-refractivity contribution is 5.95. The van der Waals surface area contributed by atoms with E-state index in [4.69, 9.17) is 9.47 Å². The summed E-state index contributed by atoms with van der Waals surface area (Å²) in [5.41, 5.74) is 4.87. The minimum absolute atomic E-state index is 0.0372. The van der Waals surface area contributed by atoms with Gasteiger partial charge in [0, 0.05) is 7.11 Å². The van der Waals surface area contributed by atoms with Crippen molar-refractivity contribution in [2.75, 3.05) is 21.3 Å². The molecule has 1 unspecified atom stereocenters. The molecule has 1 heterocycles. The van der Waals surface area contributed by atoms with Crippen LogP contribution in [0.1, 0.15) is 28.5 Å². The van der Waals surface area contributed by atoms with Crippen molar-refractivity contribution in [1.82, 2.24) is 0 Å². The number of rotatable bonds is 1. The van der Waals surface area contributed by atoms with Crippen molar-refractivity contribution in [2.24, 2.45) is 0 Å². The second-order valence-corrected chi connectivity index (χ2v) is 4.20. The minimum Gasteiger partial charge on any atom is -0.448 e. The quantitative estimate of drug-likeness (QED) is 0.675. The first-order valence-corrected chi connectivity index (χ1v) is 5.38. The Morgan fingerprint density at radius 1 is 1.12 bits per heavy atom. The molecule has 1 aromatic rings. The SMILES string of the molecule is COC1=[N+](C)C(OC)c2c(C)ccc(C)c21. The fourth-order valence-corrected chi connectivity index (χ4v) is 2.43. The van der Waals surface area contributed by atoms with Crippen molar-refractivity contribution in [3.05, 3.63) is 34.4 Å². The summed E-state index contributed by atoms with van der Waals surface area (Å²) in [5.74, 6) is 0.892. The molecular weight excluding hydrogens is 202 g/mol. The molecule has 0 radical (unpaired) electrons. The third-order valence-electron chi connectivity index (χ3n) is 3.22. The zero-order valence-corrected chi connectivity index (χ0v) is 10.5. The van der Waals surface area contributed by atoms with E-state index >= 15 is 0 Å².